The van der Waals surface area contributed by atoms with E-state index in [9.17, 15) is 9.90 Å². The van der Waals surface area contributed by atoms with Crippen molar-refractivity contribution in [1.29, 1.82) is 0 Å². The van der Waals surface area contributed by atoms with Gasteiger partial charge < -0.3 is 19.6 Å². The SMILES string of the molecule is CN(C)C(=O)c1sc2cc(OC[C@@H](O)CN3CCC(c4ccc5ccccc5c4)CC3)ccc2c1Cl. The molecule has 1 atom stereocenters. The highest BCUT2D eigenvalue weighted by Crippen LogP contribution is 2.38. The second-order valence-electron chi connectivity index (χ2n) is 9.75. The molecule has 1 amide bonds. The van der Waals surface area contributed by atoms with Crippen LogP contribution in [0.4, 0.5) is 0 Å². The molecule has 1 aliphatic rings. The number of thiophene rings is 1. The lowest BCUT2D eigenvalue weighted by molar-refractivity contribution is 0.0595. The van der Waals surface area contributed by atoms with Gasteiger partial charge in [0, 0.05) is 30.7 Å². The standard InChI is InChI=1S/C29H31ClN2O3S/c1-31(2)29(34)28-27(30)25-10-9-24(16-26(25)36-28)35-18-23(33)17-32-13-11-20(12-14-32)22-8-7-19-5-3-4-6-21(19)15-22/h3-10,15-16,20,23,33H,11-14,17-18H2,1-2H3/t23-/m0/s1. The summed E-state index contributed by atoms with van der Waals surface area (Å²) >= 11 is 7.80. The Kier molecular flexibility index (Phi) is 7.49. The number of likely N-dealkylation sites (tertiary alicyclic amines) is 1. The Bertz CT molecular complexity index is 1380. The molecule has 4 aromatic rings. The number of fused-ring (bicyclic) bond motifs is 2. The Labute approximate surface area is 220 Å². The van der Waals surface area contributed by atoms with Crippen LogP contribution in [0.2, 0.25) is 5.02 Å². The molecule has 2 heterocycles. The number of aliphatic hydroxyl groups is 1. The zero-order chi connectivity index (χ0) is 25.2. The number of carbonyl (C=O) groups excluding carboxylic acids is 1. The second-order valence-corrected chi connectivity index (χ2v) is 11.2. The molecular formula is C29H31ClN2O3S. The molecule has 0 aliphatic carbocycles. The summed E-state index contributed by atoms with van der Waals surface area (Å²) in [7, 11) is 3.43. The number of rotatable bonds is 7. The van der Waals surface area contributed by atoms with Gasteiger partial charge in [-0.25, -0.2) is 0 Å². The number of nitrogens with zero attached hydrogens (tertiary/aromatic N) is 2. The third kappa shape index (κ3) is 5.37. The fraction of sp³-hybridized carbons (Fsp3) is 0.345. The molecule has 7 heteroatoms. The van der Waals surface area contributed by atoms with Gasteiger partial charge in [0.1, 0.15) is 23.3 Å². The van der Waals surface area contributed by atoms with Gasteiger partial charge in [0.05, 0.1) is 5.02 Å². The number of amides is 1. The minimum atomic E-state index is -0.573. The fourth-order valence-electron chi connectivity index (χ4n) is 4.93. The molecule has 0 radical (unpaired) electrons. The van der Waals surface area contributed by atoms with Crippen LogP contribution in [0.1, 0.15) is 34.0 Å². The second kappa shape index (κ2) is 10.8. The van der Waals surface area contributed by atoms with Gasteiger partial charge in [-0.05, 0) is 66.4 Å². The highest BCUT2D eigenvalue weighted by Gasteiger charge is 2.23. The predicted molar refractivity (Wildman–Crippen MR) is 149 cm³/mol. The Morgan fingerprint density at radius 3 is 2.61 bits per heavy atom. The van der Waals surface area contributed by atoms with Crippen LogP contribution in [-0.2, 0) is 0 Å². The van der Waals surface area contributed by atoms with Crippen LogP contribution in [-0.4, -0.2) is 67.3 Å². The van der Waals surface area contributed by atoms with Crippen molar-refractivity contribution in [2.45, 2.75) is 24.9 Å². The van der Waals surface area contributed by atoms with Gasteiger partial charge in [-0.15, -0.1) is 11.3 Å². The van der Waals surface area contributed by atoms with Crippen LogP contribution in [0, 0.1) is 0 Å². The zero-order valence-electron chi connectivity index (χ0n) is 20.6. The Hall–Kier alpha value is -2.64. The van der Waals surface area contributed by atoms with E-state index in [0.717, 1.165) is 36.0 Å². The van der Waals surface area contributed by atoms with Gasteiger partial charge in [0.2, 0.25) is 0 Å². The van der Waals surface area contributed by atoms with Gasteiger partial charge in [0.15, 0.2) is 0 Å². The highest BCUT2D eigenvalue weighted by molar-refractivity contribution is 7.21. The summed E-state index contributed by atoms with van der Waals surface area (Å²) in [6.07, 6.45) is 1.61. The van der Waals surface area contributed by atoms with Gasteiger partial charge in [0.25, 0.3) is 5.91 Å². The average molecular weight is 523 g/mol. The number of halogens is 1. The maximum absolute atomic E-state index is 12.4. The fourth-order valence-corrected chi connectivity index (χ4v) is 6.49. The molecule has 1 saturated heterocycles. The number of hydrogen-bond donors (Lipinski definition) is 1. The molecule has 5 nitrogen and oxygen atoms in total. The van der Waals surface area contributed by atoms with Crippen molar-refractivity contribution in [3.8, 4) is 5.75 Å². The first-order valence-electron chi connectivity index (χ1n) is 12.3. The molecule has 188 valence electrons. The summed E-state index contributed by atoms with van der Waals surface area (Å²) < 4.78 is 6.79. The van der Waals surface area contributed by atoms with E-state index in [1.807, 2.05) is 18.2 Å². The maximum atomic E-state index is 12.4. The van der Waals surface area contributed by atoms with Crippen molar-refractivity contribution in [3.05, 3.63) is 76.1 Å². The third-order valence-electron chi connectivity index (χ3n) is 6.95. The van der Waals surface area contributed by atoms with Crippen molar-refractivity contribution < 1.29 is 14.6 Å². The summed E-state index contributed by atoms with van der Waals surface area (Å²) in [6, 6.07) is 20.9. The Morgan fingerprint density at radius 2 is 1.86 bits per heavy atom. The van der Waals surface area contributed by atoms with E-state index in [2.05, 4.69) is 47.4 Å². The molecule has 3 aromatic carbocycles. The summed E-state index contributed by atoms with van der Waals surface area (Å²) in [4.78, 5) is 16.7. The minimum Gasteiger partial charge on any atom is -0.491 e. The molecule has 1 N–H and O–H groups in total. The first kappa shape index (κ1) is 25.0. The number of aliphatic hydroxyl groups excluding tert-OH is 1. The van der Waals surface area contributed by atoms with Crippen LogP contribution in [0.5, 0.6) is 5.75 Å². The molecule has 5 rings (SSSR count). The predicted octanol–water partition coefficient (Wildman–Crippen LogP) is 6.03. The lowest BCUT2D eigenvalue weighted by Crippen LogP contribution is -2.40. The van der Waals surface area contributed by atoms with Crippen LogP contribution in [0.25, 0.3) is 20.9 Å². The molecule has 36 heavy (non-hydrogen) atoms. The summed E-state index contributed by atoms with van der Waals surface area (Å²) in [5, 5.41) is 14.5. The molecule has 1 fully saturated rings. The minimum absolute atomic E-state index is 0.108. The lowest BCUT2D eigenvalue weighted by atomic mass is 9.88. The quantitative estimate of drug-likeness (QED) is 0.322. The molecule has 0 unspecified atom stereocenters. The smallest absolute Gasteiger partial charge is 0.264 e. The molecule has 1 aromatic heterocycles. The van der Waals surface area contributed by atoms with Crippen molar-refractivity contribution >= 4 is 49.7 Å². The molecule has 0 saturated carbocycles. The monoisotopic (exact) mass is 522 g/mol. The average Bonchev–Trinajstić information content (AvgIpc) is 3.22. The van der Waals surface area contributed by atoms with Crippen molar-refractivity contribution in [3.63, 3.8) is 0 Å². The number of carbonyl (C=O) groups is 1. The number of ether oxygens (including phenoxy) is 1. The van der Waals surface area contributed by atoms with E-state index >= 15 is 0 Å². The summed E-state index contributed by atoms with van der Waals surface area (Å²) in [6.45, 7) is 2.76. The van der Waals surface area contributed by atoms with Gasteiger partial charge >= 0.3 is 0 Å². The van der Waals surface area contributed by atoms with E-state index in [0.29, 0.717) is 28.1 Å². The van der Waals surface area contributed by atoms with E-state index < -0.39 is 6.10 Å². The number of piperidine rings is 1. The van der Waals surface area contributed by atoms with E-state index in [1.54, 1.807) is 14.1 Å². The molecule has 1 aliphatic heterocycles. The molecular weight excluding hydrogens is 492 g/mol. The summed E-state index contributed by atoms with van der Waals surface area (Å²) in [5.41, 5.74) is 1.41. The molecule has 0 bridgehead atoms. The third-order valence-corrected chi connectivity index (χ3v) is 8.59. The van der Waals surface area contributed by atoms with E-state index in [4.69, 9.17) is 16.3 Å². The first-order chi connectivity index (χ1) is 17.4. The normalized spacial score (nSPS) is 15.9. The van der Waals surface area contributed by atoms with Crippen LogP contribution in [0.15, 0.2) is 60.7 Å². The number of hydrogen-bond acceptors (Lipinski definition) is 5. The van der Waals surface area contributed by atoms with Gasteiger partial charge in [-0.3, -0.25) is 4.79 Å². The van der Waals surface area contributed by atoms with Crippen LogP contribution in [0.3, 0.4) is 0 Å². The van der Waals surface area contributed by atoms with Crippen LogP contribution >= 0.6 is 22.9 Å². The summed E-state index contributed by atoms with van der Waals surface area (Å²) in [5.74, 6) is 1.12. The van der Waals surface area contributed by atoms with Crippen molar-refractivity contribution in [2.24, 2.45) is 0 Å². The van der Waals surface area contributed by atoms with Crippen LogP contribution < -0.4 is 4.74 Å². The number of benzene rings is 3. The largest absolute Gasteiger partial charge is 0.491 e. The van der Waals surface area contributed by atoms with Gasteiger partial charge in [-0.2, -0.15) is 0 Å². The maximum Gasteiger partial charge on any atom is 0.264 e. The molecule has 0 spiro atoms. The topological polar surface area (TPSA) is 53.0 Å². The zero-order valence-corrected chi connectivity index (χ0v) is 22.2. The van der Waals surface area contributed by atoms with Crippen molar-refractivity contribution in [2.75, 3.05) is 40.3 Å². The number of β-amino-alcohol motifs (C(OH)–C–C–N with tert-alkyl or cyclic N) is 1. The van der Waals surface area contributed by atoms with E-state index in [-0.39, 0.29) is 12.5 Å². The van der Waals surface area contributed by atoms with Gasteiger partial charge in [-0.1, -0.05) is 54.1 Å². The van der Waals surface area contributed by atoms with Crippen molar-refractivity contribution in [1.82, 2.24) is 9.80 Å². The van der Waals surface area contributed by atoms with E-state index in [1.165, 1.54) is 32.6 Å². The first-order valence-corrected chi connectivity index (χ1v) is 13.5. The highest BCUT2D eigenvalue weighted by atomic mass is 35.5. The lowest BCUT2D eigenvalue weighted by Gasteiger charge is -2.33. The Morgan fingerprint density at radius 1 is 1.11 bits per heavy atom. The Balaban J connectivity index is 1.13.